The Morgan fingerprint density at radius 2 is 1.90 bits per heavy atom. The largest absolute Gasteiger partial charge is 0.378 e. The van der Waals surface area contributed by atoms with Crippen LogP contribution in [0.2, 0.25) is 0 Å². The van der Waals surface area contributed by atoms with Crippen LogP contribution in [0.4, 0.5) is 5.69 Å². The van der Waals surface area contributed by atoms with E-state index in [0.717, 1.165) is 18.5 Å². The highest BCUT2D eigenvalue weighted by Gasteiger charge is 2.39. The number of carbonyl (C=O) groups is 2. The quantitative estimate of drug-likeness (QED) is 0.906. The molecule has 2 aliphatic rings. The molecule has 0 spiro atoms. The first-order valence-corrected chi connectivity index (χ1v) is 7.42. The highest BCUT2D eigenvalue weighted by molar-refractivity contribution is 5.95. The second kappa shape index (κ2) is 5.39. The number of hydrogen-bond donors (Lipinski definition) is 1. The summed E-state index contributed by atoms with van der Waals surface area (Å²) >= 11 is 0. The summed E-state index contributed by atoms with van der Waals surface area (Å²) in [4.78, 5) is 28.0. The first kappa shape index (κ1) is 13.9. The lowest BCUT2D eigenvalue weighted by Crippen LogP contribution is -2.37. The van der Waals surface area contributed by atoms with Crippen molar-refractivity contribution in [1.29, 1.82) is 0 Å². The van der Waals surface area contributed by atoms with E-state index in [1.807, 2.05) is 48.2 Å². The molecule has 1 aliphatic carbocycles. The van der Waals surface area contributed by atoms with Gasteiger partial charge in [0.15, 0.2) is 0 Å². The summed E-state index contributed by atoms with van der Waals surface area (Å²) in [5.41, 5.74) is 1.69. The summed E-state index contributed by atoms with van der Waals surface area (Å²) in [6.07, 6.45) is 2.65. The van der Waals surface area contributed by atoms with Gasteiger partial charge in [-0.15, -0.1) is 0 Å². The van der Waals surface area contributed by atoms with E-state index in [2.05, 4.69) is 5.32 Å². The van der Waals surface area contributed by atoms with Crippen molar-refractivity contribution in [3.05, 3.63) is 29.8 Å². The standard InChI is InChI=1S/C16H21N3O2/c1-18(2)13-5-3-11(4-6-13)16(21)17-12-9-15(20)19(10-12)14-7-8-14/h3-6,12,14H,7-10H2,1-2H3,(H,17,21). The summed E-state index contributed by atoms with van der Waals surface area (Å²) in [6, 6.07) is 7.86. The predicted molar refractivity (Wildman–Crippen MR) is 81.4 cm³/mol. The monoisotopic (exact) mass is 287 g/mol. The van der Waals surface area contributed by atoms with Crippen molar-refractivity contribution in [2.75, 3.05) is 25.5 Å². The molecule has 5 nitrogen and oxygen atoms in total. The number of rotatable bonds is 4. The molecule has 1 N–H and O–H groups in total. The molecule has 0 radical (unpaired) electrons. The minimum Gasteiger partial charge on any atom is -0.378 e. The molecule has 1 aliphatic heterocycles. The summed E-state index contributed by atoms with van der Waals surface area (Å²) in [5.74, 6) is 0.0708. The van der Waals surface area contributed by atoms with Crippen LogP contribution in [0.15, 0.2) is 24.3 Å². The Balaban J connectivity index is 1.60. The van der Waals surface area contributed by atoms with Gasteiger partial charge in [0.1, 0.15) is 0 Å². The molecular weight excluding hydrogens is 266 g/mol. The minimum absolute atomic E-state index is 0.0564. The minimum atomic E-state index is -0.101. The Morgan fingerprint density at radius 3 is 2.48 bits per heavy atom. The van der Waals surface area contributed by atoms with Crippen LogP contribution in [0, 0.1) is 0 Å². The molecule has 1 saturated carbocycles. The van der Waals surface area contributed by atoms with Gasteiger partial charge in [0.05, 0.1) is 6.04 Å². The highest BCUT2D eigenvalue weighted by Crippen LogP contribution is 2.30. The molecule has 0 aromatic heterocycles. The number of nitrogens with one attached hydrogen (secondary N) is 1. The maximum absolute atomic E-state index is 12.2. The van der Waals surface area contributed by atoms with Crippen LogP contribution in [0.1, 0.15) is 29.6 Å². The zero-order valence-electron chi connectivity index (χ0n) is 12.5. The van der Waals surface area contributed by atoms with Gasteiger partial charge in [-0.25, -0.2) is 0 Å². The Hall–Kier alpha value is -2.04. The third-order valence-corrected chi connectivity index (χ3v) is 4.13. The van der Waals surface area contributed by atoms with Crippen molar-refractivity contribution >= 4 is 17.5 Å². The zero-order chi connectivity index (χ0) is 15.0. The average molecular weight is 287 g/mol. The molecule has 3 rings (SSSR count). The molecule has 5 heteroatoms. The van der Waals surface area contributed by atoms with Gasteiger partial charge in [0, 0.05) is 44.4 Å². The summed E-state index contributed by atoms with van der Waals surface area (Å²) < 4.78 is 0. The lowest BCUT2D eigenvalue weighted by molar-refractivity contribution is -0.128. The molecule has 1 atom stereocenters. The van der Waals surface area contributed by atoms with Gasteiger partial charge in [-0.05, 0) is 37.1 Å². The molecule has 21 heavy (non-hydrogen) atoms. The van der Waals surface area contributed by atoms with Crippen molar-refractivity contribution in [2.24, 2.45) is 0 Å². The van der Waals surface area contributed by atoms with Crippen molar-refractivity contribution in [2.45, 2.75) is 31.3 Å². The van der Waals surface area contributed by atoms with Crippen LogP contribution in [-0.2, 0) is 4.79 Å². The second-order valence-electron chi connectivity index (χ2n) is 6.09. The smallest absolute Gasteiger partial charge is 0.251 e. The van der Waals surface area contributed by atoms with E-state index in [1.165, 1.54) is 0 Å². The van der Waals surface area contributed by atoms with E-state index in [1.54, 1.807) is 0 Å². The van der Waals surface area contributed by atoms with E-state index in [9.17, 15) is 9.59 Å². The van der Waals surface area contributed by atoms with Crippen LogP contribution in [-0.4, -0.2) is 49.4 Å². The molecule has 2 amide bonds. The number of amides is 2. The van der Waals surface area contributed by atoms with E-state index >= 15 is 0 Å². The van der Waals surface area contributed by atoms with Crippen molar-refractivity contribution in [3.63, 3.8) is 0 Å². The molecule has 1 unspecified atom stereocenters. The third kappa shape index (κ3) is 3.01. The Bertz CT molecular complexity index is 549. The van der Waals surface area contributed by atoms with Gasteiger partial charge in [0.25, 0.3) is 5.91 Å². The number of hydrogen-bond acceptors (Lipinski definition) is 3. The maximum atomic E-state index is 12.2. The summed E-state index contributed by atoms with van der Waals surface area (Å²) in [6.45, 7) is 0.658. The highest BCUT2D eigenvalue weighted by atomic mass is 16.2. The first-order valence-electron chi connectivity index (χ1n) is 7.42. The van der Waals surface area contributed by atoms with Crippen LogP contribution in [0.5, 0.6) is 0 Å². The molecule has 1 aromatic carbocycles. The molecule has 112 valence electrons. The van der Waals surface area contributed by atoms with Gasteiger partial charge >= 0.3 is 0 Å². The SMILES string of the molecule is CN(C)c1ccc(C(=O)NC2CC(=O)N(C3CC3)C2)cc1. The lowest BCUT2D eigenvalue weighted by Gasteiger charge is -2.16. The maximum Gasteiger partial charge on any atom is 0.251 e. The van der Waals surface area contributed by atoms with Crippen LogP contribution in [0.25, 0.3) is 0 Å². The van der Waals surface area contributed by atoms with Crippen molar-refractivity contribution in [3.8, 4) is 0 Å². The second-order valence-corrected chi connectivity index (χ2v) is 6.09. The van der Waals surface area contributed by atoms with Gasteiger partial charge < -0.3 is 15.1 Å². The van der Waals surface area contributed by atoms with Crippen LogP contribution >= 0.6 is 0 Å². The number of likely N-dealkylation sites (tertiary alicyclic amines) is 1. The van der Waals surface area contributed by atoms with Crippen LogP contribution < -0.4 is 10.2 Å². The van der Waals surface area contributed by atoms with Crippen molar-refractivity contribution in [1.82, 2.24) is 10.2 Å². The van der Waals surface area contributed by atoms with E-state index in [4.69, 9.17) is 0 Å². The van der Waals surface area contributed by atoms with Gasteiger partial charge in [-0.1, -0.05) is 0 Å². The zero-order valence-corrected chi connectivity index (χ0v) is 12.5. The first-order chi connectivity index (χ1) is 10.0. The number of anilines is 1. The average Bonchev–Trinajstić information content (AvgIpc) is 3.23. The molecule has 1 saturated heterocycles. The Kier molecular flexibility index (Phi) is 3.57. The molecular formula is C16H21N3O2. The Morgan fingerprint density at radius 1 is 1.24 bits per heavy atom. The number of nitrogens with zero attached hydrogens (tertiary/aromatic N) is 2. The molecule has 0 bridgehead atoms. The molecule has 2 fully saturated rings. The predicted octanol–water partition coefficient (Wildman–Crippen LogP) is 1.25. The Labute approximate surface area is 124 Å². The van der Waals surface area contributed by atoms with Crippen molar-refractivity contribution < 1.29 is 9.59 Å². The molecule has 1 aromatic rings. The molecule has 1 heterocycles. The van der Waals surface area contributed by atoms with E-state index in [-0.39, 0.29) is 17.9 Å². The van der Waals surface area contributed by atoms with Crippen LogP contribution in [0.3, 0.4) is 0 Å². The fourth-order valence-electron chi connectivity index (χ4n) is 2.75. The summed E-state index contributed by atoms with van der Waals surface area (Å²) in [5, 5.41) is 2.97. The normalized spacial score (nSPS) is 21.5. The number of carbonyl (C=O) groups excluding carboxylic acids is 2. The number of benzene rings is 1. The van der Waals surface area contributed by atoms with E-state index < -0.39 is 0 Å². The van der Waals surface area contributed by atoms with E-state index in [0.29, 0.717) is 24.6 Å². The van der Waals surface area contributed by atoms with Gasteiger partial charge in [-0.2, -0.15) is 0 Å². The topological polar surface area (TPSA) is 52.7 Å². The lowest BCUT2D eigenvalue weighted by atomic mass is 10.1. The fraction of sp³-hybridized carbons (Fsp3) is 0.500. The third-order valence-electron chi connectivity index (χ3n) is 4.13. The summed E-state index contributed by atoms with van der Waals surface area (Å²) in [7, 11) is 3.93. The fourth-order valence-corrected chi connectivity index (χ4v) is 2.75. The van der Waals surface area contributed by atoms with Gasteiger partial charge in [0.2, 0.25) is 5.91 Å². The van der Waals surface area contributed by atoms with Gasteiger partial charge in [-0.3, -0.25) is 9.59 Å².